The average molecular weight is 426 g/mol. The first-order valence-electron chi connectivity index (χ1n) is 9.65. The quantitative estimate of drug-likeness (QED) is 0.702. The molecule has 0 bridgehead atoms. The van der Waals surface area contributed by atoms with E-state index in [9.17, 15) is 5.11 Å². The summed E-state index contributed by atoms with van der Waals surface area (Å²) in [5.74, 6) is 0.866. The normalized spacial score (nSPS) is 24.5. The minimum Gasteiger partial charge on any atom is -0.489 e. The lowest BCUT2D eigenvalue weighted by molar-refractivity contribution is 0.0244. The number of benzene rings is 1. The van der Waals surface area contributed by atoms with Crippen molar-refractivity contribution in [2.75, 3.05) is 46.3 Å². The molecular formula is C20H32BrN3O2. The Kier molecular flexibility index (Phi) is 6.62. The fourth-order valence-electron chi connectivity index (χ4n) is 3.57. The van der Waals surface area contributed by atoms with Crippen molar-refractivity contribution in [3.63, 3.8) is 0 Å². The third-order valence-corrected chi connectivity index (χ3v) is 6.22. The molecule has 0 amide bonds. The van der Waals surface area contributed by atoms with Crippen LogP contribution in [0.25, 0.3) is 0 Å². The van der Waals surface area contributed by atoms with Gasteiger partial charge in [0.15, 0.2) is 0 Å². The topological polar surface area (TPSA) is 48.0 Å². The number of hydrogen-bond donors (Lipinski definition) is 2. The van der Waals surface area contributed by atoms with Gasteiger partial charge in [0.05, 0.1) is 10.1 Å². The molecule has 2 fully saturated rings. The Morgan fingerprint density at radius 2 is 2.00 bits per heavy atom. The van der Waals surface area contributed by atoms with Crippen molar-refractivity contribution in [3.05, 3.63) is 28.2 Å². The number of likely N-dealkylation sites (N-methyl/N-ethyl adjacent to an activating group) is 1. The molecule has 1 saturated heterocycles. The van der Waals surface area contributed by atoms with Crippen molar-refractivity contribution >= 4 is 15.9 Å². The lowest BCUT2D eigenvalue weighted by Crippen LogP contribution is -2.51. The van der Waals surface area contributed by atoms with Crippen LogP contribution >= 0.6 is 15.9 Å². The van der Waals surface area contributed by atoms with Gasteiger partial charge in [-0.15, -0.1) is 0 Å². The van der Waals surface area contributed by atoms with Crippen molar-refractivity contribution in [2.45, 2.75) is 44.4 Å². The molecule has 0 radical (unpaired) electrons. The summed E-state index contributed by atoms with van der Waals surface area (Å²) in [6, 6.07) is 6.47. The summed E-state index contributed by atoms with van der Waals surface area (Å²) in [7, 11) is 2.23. The van der Waals surface area contributed by atoms with E-state index in [-0.39, 0.29) is 6.10 Å². The first-order chi connectivity index (χ1) is 12.3. The Morgan fingerprint density at radius 1 is 1.31 bits per heavy atom. The van der Waals surface area contributed by atoms with E-state index in [0.717, 1.165) is 54.8 Å². The highest BCUT2D eigenvalue weighted by atomic mass is 79.9. The average Bonchev–Trinajstić information content (AvgIpc) is 2.56. The highest BCUT2D eigenvalue weighted by molar-refractivity contribution is 9.10. The number of aliphatic hydroxyl groups is 1. The second-order valence-electron chi connectivity index (χ2n) is 8.14. The first-order valence-corrected chi connectivity index (χ1v) is 10.4. The van der Waals surface area contributed by atoms with Crippen molar-refractivity contribution in [1.82, 2.24) is 15.1 Å². The van der Waals surface area contributed by atoms with Crippen LogP contribution in [0.2, 0.25) is 0 Å². The number of nitrogens with zero attached hydrogens (tertiary/aromatic N) is 2. The van der Waals surface area contributed by atoms with Gasteiger partial charge in [-0.3, -0.25) is 4.90 Å². The van der Waals surface area contributed by atoms with E-state index in [0.29, 0.717) is 6.04 Å². The van der Waals surface area contributed by atoms with Gasteiger partial charge in [-0.25, -0.2) is 0 Å². The predicted octanol–water partition coefficient (Wildman–Crippen LogP) is 2.42. The van der Waals surface area contributed by atoms with Crippen LogP contribution in [0.5, 0.6) is 5.75 Å². The molecule has 1 heterocycles. The molecule has 0 spiro atoms. The summed E-state index contributed by atoms with van der Waals surface area (Å²) in [5.41, 5.74) is 0.0475. The minimum atomic E-state index is -0.838. The molecule has 1 aliphatic heterocycles. The molecule has 1 saturated carbocycles. The van der Waals surface area contributed by atoms with Crippen molar-refractivity contribution in [2.24, 2.45) is 0 Å². The molecule has 0 atom stereocenters. The van der Waals surface area contributed by atoms with Gasteiger partial charge in [0, 0.05) is 58.2 Å². The van der Waals surface area contributed by atoms with Gasteiger partial charge in [0.25, 0.3) is 0 Å². The summed E-state index contributed by atoms with van der Waals surface area (Å²) in [4.78, 5) is 5.02. The summed E-state index contributed by atoms with van der Waals surface area (Å²) in [6.45, 7) is 10.4. The Hall–Kier alpha value is -0.660. The number of piperazine rings is 1. The number of ether oxygens (including phenoxy) is 1. The molecule has 6 heteroatoms. The van der Waals surface area contributed by atoms with Crippen LogP contribution in [0.3, 0.4) is 0 Å². The fraction of sp³-hybridized carbons (Fsp3) is 0.700. The van der Waals surface area contributed by atoms with Gasteiger partial charge in [0.2, 0.25) is 0 Å². The Balaban J connectivity index is 1.42. The first kappa shape index (κ1) is 20.1. The van der Waals surface area contributed by atoms with Crippen molar-refractivity contribution < 1.29 is 9.84 Å². The molecular weight excluding hydrogens is 394 g/mol. The standard InChI is InChI=1S/C20H32BrN3O2/c1-20(2,25)15-4-5-19(18(21)12-15)26-17-13-16(14-17)23(3)10-11-24-8-6-22-7-9-24/h4-5,12,16-17,22,25H,6-11,13-14H2,1-3H3. The molecule has 146 valence electrons. The van der Waals surface area contributed by atoms with E-state index in [1.54, 1.807) is 13.8 Å². The molecule has 26 heavy (non-hydrogen) atoms. The van der Waals surface area contributed by atoms with Crippen LogP contribution < -0.4 is 10.1 Å². The zero-order chi connectivity index (χ0) is 18.7. The molecule has 2 aliphatic rings. The maximum absolute atomic E-state index is 10.1. The van der Waals surface area contributed by atoms with Crippen molar-refractivity contribution in [3.8, 4) is 5.75 Å². The van der Waals surface area contributed by atoms with Crippen LogP contribution in [0.1, 0.15) is 32.3 Å². The molecule has 1 aliphatic carbocycles. The van der Waals surface area contributed by atoms with E-state index < -0.39 is 5.60 Å². The lowest BCUT2D eigenvalue weighted by atomic mass is 9.88. The zero-order valence-electron chi connectivity index (χ0n) is 16.2. The van der Waals surface area contributed by atoms with E-state index in [2.05, 4.69) is 38.1 Å². The number of rotatable bonds is 7. The largest absolute Gasteiger partial charge is 0.489 e. The fourth-order valence-corrected chi connectivity index (χ4v) is 4.04. The molecule has 0 unspecified atom stereocenters. The Morgan fingerprint density at radius 3 is 2.62 bits per heavy atom. The highest BCUT2D eigenvalue weighted by Gasteiger charge is 2.34. The Labute approximate surface area is 165 Å². The highest BCUT2D eigenvalue weighted by Crippen LogP contribution is 2.35. The summed E-state index contributed by atoms with van der Waals surface area (Å²) < 4.78 is 7.06. The smallest absolute Gasteiger partial charge is 0.133 e. The molecule has 1 aromatic rings. The van der Waals surface area contributed by atoms with Gasteiger partial charge >= 0.3 is 0 Å². The maximum Gasteiger partial charge on any atom is 0.133 e. The summed E-state index contributed by atoms with van der Waals surface area (Å²) in [5, 5.41) is 13.5. The lowest BCUT2D eigenvalue weighted by Gasteiger charge is -2.42. The van der Waals surface area contributed by atoms with Gasteiger partial charge in [-0.2, -0.15) is 0 Å². The second-order valence-corrected chi connectivity index (χ2v) is 9.00. The monoisotopic (exact) mass is 425 g/mol. The molecule has 0 aromatic heterocycles. The van der Waals surface area contributed by atoms with Gasteiger partial charge < -0.3 is 20.1 Å². The molecule has 1 aromatic carbocycles. The number of hydrogen-bond acceptors (Lipinski definition) is 5. The van der Waals surface area contributed by atoms with Crippen molar-refractivity contribution in [1.29, 1.82) is 0 Å². The van der Waals surface area contributed by atoms with Crippen LogP contribution in [-0.4, -0.2) is 73.4 Å². The molecule has 2 N–H and O–H groups in total. The summed E-state index contributed by atoms with van der Waals surface area (Å²) in [6.07, 6.45) is 2.45. The van der Waals surface area contributed by atoms with Gasteiger partial charge in [-0.05, 0) is 54.5 Å². The SMILES string of the molecule is CN(CCN1CCNCC1)C1CC(Oc2ccc(C(C)(C)O)cc2Br)C1. The number of nitrogens with one attached hydrogen (secondary N) is 1. The third-order valence-electron chi connectivity index (χ3n) is 5.60. The van der Waals surface area contributed by atoms with E-state index >= 15 is 0 Å². The van der Waals surface area contributed by atoms with E-state index in [4.69, 9.17) is 4.74 Å². The van der Waals surface area contributed by atoms with Gasteiger partial charge in [0.1, 0.15) is 11.9 Å². The Bertz CT molecular complexity index is 593. The van der Waals surface area contributed by atoms with Crippen LogP contribution in [0, 0.1) is 0 Å². The number of halogens is 1. The van der Waals surface area contributed by atoms with Crippen LogP contribution in [0.4, 0.5) is 0 Å². The van der Waals surface area contributed by atoms with Gasteiger partial charge in [-0.1, -0.05) is 6.07 Å². The van der Waals surface area contributed by atoms with Crippen LogP contribution in [0.15, 0.2) is 22.7 Å². The second kappa shape index (κ2) is 8.57. The maximum atomic E-state index is 10.1. The third kappa shape index (κ3) is 5.20. The predicted molar refractivity (Wildman–Crippen MR) is 109 cm³/mol. The van der Waals surface area contributed by atoms with Crippen LogP contribution in [-0.2, 0) is 5.60 Å². The summed E-state index contributed by atoms with van der Waals surface area (Å²) >= 11 is 3.58. The molecule has 3 rings (SSSR count). The minimum absolute atomic E-state index is 0.283. The van der Waals surface area contributed by atoms with E-state index in [1.807, 2.05) is 18.2 Å². The molecule has 5 nitrogen and oxygen atoms in total. The van der Waals surface area contributed by atoms with E-state index in [1.165, 1.54) is 13.1 Å². The zero-order valence-corrected chi connectivity index (χ0v) is 17.8.